The van der Waals surface area contributed by atoms with Crippen LogP contribution in [0.1, 0.15) is 13.3 Å². The van der Waals surface area contributed by atoms with Crippen LogP contribution in [0.15, 0.2) is 16.9 Å². The van der Waals surface area contributed by atoms with Gasteiger partial charge in [0.15, 0.2) is 5.65 Å². The fourth-order valence-corrected chi connectivity index (χ4v) is 1.58. The average molecular weight is 232 g/mol. The van der Waals surface area contributed by atoms with Crippen LogP contribution in [-0.2, 0) is 0 Å². The van der Waals surface area contributed by atoms with E-state index in [2.05, 4.69) is 21.4 Å². The Morgan fingerprint density at radius 3 is 3.12 bits per heavy atom. The molecule has 1 N–H and O–H groups in total. The standard InChI is InChI=1S/C10H12N6O/c1-2-15(7-3-6-11)9-5-4-8-12-13-10(17)16(8)14-9/h4-5H,2-3,7H2,1H3,(H,13,17). The molecule has 7 heteroatoms. The summed E-state index contributed by atoms with van der Waals surface area (Å²) in [6.07, 6.45) is 0.424. The van der Waals surface area contributed by atoms with Crippen LogP contribution in [0.4, 0.5) is 5.82 Å². The van der Waals surface area contributed by atoms with Crippen LogP contribution in [0, 0.1) is 11.3 Å². The third-order valence-corrected chi connectivity index (χ3v) is 2.46. The monoisotopic (exact) mass is 232 g/mol. The molecule has 2 aromatic heterocycles. The molecule has 0 amide bonds. The normalized spacial score (nSPS) is 10.4. The van der Waals surface area contributed by atoms with Crippen molar-refractivity contribution in [2.24, 2.45) is 0 Å². The lowest BCUT2D eigenvalue weighted by Crippen LogP contribution is -2.26. The molecular formula is C10H12N6O. The van der Waals surface area contributed by atoms with Crippen LogP contribution in [-0.4, -0.2) is 32.9 Å². The van der Waals surface area contributed by atoms with Gasteiger partial charge in [-0.05, 0) is 19.1 Å². The molecule has 0 unspecified atom stereocenters. The molecule has 2 aromatic rings. The average Bonchev–Trinajstić information content (AvgIpc) is 2.72. The molecule has 88 valence electrons. The van der Waals surface area contributed by atoms with Crippen LogP contribution < -0.4 is 10.6 Å². The van der Waals surface area contributed by atoms with Crippen molar-refractivity contribution in [3.63, 3.8) is 0 Å². The first-order chi connectivity index (χ1) is 8.26. The van der Waals surface area contributed by atoms with E-state index in [1.165, 1.54) is 4.52 Å². The van der Waals surface area contributed by atoms with E-state index in [0.29, 0.717) is 24.4 Å². The van der Waals surface area contributed by atoms with Crippen molar-refractivity contribution in [3.8, 4) is 6.07 Å². The summed E-state index contributed by atoms with van der Waals surface area (Å²) in [5, 5.41) is 18.9. The summed E-state index contributed by atoms with van der Waals surface area (Å²) >= 11 is 0. The third kappa shape index (κ3) is 2.10. The molecule has 0 fully saturated rings. The lowest BCUT2D eigenvalue weighted by atomic mass is 10.4. The summed E-state index contributed by atoms with van der Waals surface area (Å²) in [7, 11) is 0. The van der Waals surface area contributed by atoms with E-state index >= 15 is 0 Å². The van der Waals surface area contributed by atoms with E-state index < -0.39 is 0 Å². The fourth-order valence-electron chi connectivity index (χ4n) is 1.58. The number of hydrogen-bond donors (Lipinski definition) is 1. The predicted molar refractivity (Wildman–Crippen MR) is 61.7 cm³/mol. The van der Waals surface area contributed by atoms with Gasteiger partial charge < -0.3 is 4.90 Å². The van der Waals surface area contributed by atoms with Crippen LogP contribution >= 0.6 is 0 Å². The molecule has 0 aliphatic heterocycles. The van der Waals surface area contributed by atoms with Gasteiger partial charge in [0, 0.05) is 13.1 Å². The highest BCUT2D eigenvalue weighted by molar-refractivity contribution is 5.44. The molecule has 0 bridgehead atoms. The number of nitrogens with zero attached hydrogens (tertiary/aromatic N) is 5. The number of nitriles is 1. The molecular weight excluding hydrogens is 220 g/mol. The van der Waals surface area contributed by atoms with Gasteiger partial charge in [-0.1, -0.05) is 0 Å². The smallest absolute Gasteiger partial charge is 0.354 e. The van der Waals surface area contributed by atoms with E-state index in [-0.39, 0.29) is 5.69 Å². The Balaban J connectivity index is 2.37. The van der Waals surface area contributed by atoms with Crippen LogP contribution in [0.3, 0.4) is 0 Å². The van der Waals surface area contributed by atoms with Gasteiger partial charge in [0.25, 0.3) is 0 Å². The molecule has 0 aliphatic carbocycles. The minimum absolute atomic E-state index is 0.363. The summed E-state index contributed by atoms with van der Waals surface area (Å²) in [5.74, 6) is 0.666. The number of fused-ring (bicyclic) bond motifs is 1. The molecule has 0 spiro atoms. The molecule has 7 nitrogen and oxygen atoms in total. The van der Waals surface area contributed by atoms with Crippen LogP contribution in [0.25, 0.3) is 5.65 Å². The molecule has 0 aromatic carbocycles. The summed E-state index contributed by atoms with van der Waals surface area (Å²) in [6, 6.07) is 5.60. The SMILES string of the molecule is CCN(CCC#N)c1ccc2n[nH]c(=O)n2n1. The molecule has 2 rings (SSSR count). The second kappa shape index (κ2) is 4.65. The Hall–Kier alpha value is -2.36. The van der Waals surface area contributed by atoms with Crippen molar-refractivity contribution in [2.45, 2.75) is 13.3 Å². The zero-order valence-corrected chi connectivity index (χ0v) is 9.42. The van der Waals surface area contributed by atoms with E-state index in [0.717, 1.165) is 6.54 Å². The number of anilines is 1. The van der Waals surface area contributed by atoms with Gasteiger partial charge in [-0.2, -0.15) is 14.9 Å². The highest BCUT2D eigenvalue weighted by Gasteiger charge is 2.08. The van der Waals surface area contributed by atoms with Gasteiger partial charge in [0.1, 0.15) is 5.82 Å². The zero-order valence-electron chi connectivity index (χ0n) is 9.42. The van der Waals surface area contributed by atoms with E-state index in [1.54, 1.807) is 12.1 Å². The Morgan fingerprint density at radius 1 is 1.59 bits per heavy atom. The number of aromatic amines is 1. The van der Waals surface area contributed by atoms with Crippen molar-refractivity contribution >= 4 is 11.5 Å². The highest BCUT2D eigenvalue weighted by Crippen LogP contribution is 2.10. The summed E-state index contributed by atoms with van der Waals surface area (Å²) in [5.41, 5.74) is 0.119. The molecule has 0 atom stereocenters. The minimum atomic E-state index is -0.363. The van der Waals surface area contributed by atoms with Crippen molar-refractivity contribution in [1.82, 2.24) is 19.8 Å². The summed E-state index contributed by atoms with van der Waals surface area (Å²) in [4.78, 5) is 13.3. The van der Waals surface area contributed by atoms with Crippen LogP contribution in [0.2, 0.25) is 0 Å². The number of aromatic nitrogens is 4. The fraction of sp³-hybridized carbons (Fsp3) is 0.400. The molecule has 0 aliphatic rings. The summed E-state index contributed by atoms with van der Waals surface area (Å²) in [6.45, 7) is 3.30. The van der Waals surface area contributed by atoms with Gasteiger partial charge in [-0.15, -0.1) is 5.10 Å². The van der Waals surface area contributed by atoms with Gasteiger partial charge in [-0.25, -0.2) is 9.89 Å². The third-order valence-electron chi connectivity index (χ3n) is 2.46. The Bertz CT molecular complexity index is 607. The first-order valence-electron chi connectivity index (χ1n) is 5.32. The molecule has 0 saturated heterocycles. The first kappa shape index (κ1) is 11.1. The Kier molecular flexibility index (Phi) is 3.05. The van der Waals surface area contributed by atoms with Gasteiger partial charge in [-0.3, -0.25) is 0 Å². The molecule has 17 heavy (non-hydrogen) atoms. The lowest BCUT2D eigenvalue weighted by molar-refractivity contribution is 0.774. The highest BCUT2D eigenvalue weighted by atomic mass is 16.2. The van der Waals surface area contributed by atoms with Gasteiger partial charge in [0.2, 0.25) is 0 Å². The molecule has 0 saturated carbocycles. The number of rotatable bonds is 4. The quantitative estimate of drug-likeness (QED) is 0.810. The topological polar surface area (TPSA) is 90.1 Å². The van der Waals surface area contributed by atoms with E-state index in [4.69, 9.17) is 5.26 Å². The second-order valence-corrected chi connectivity index (χ2v) is 3.48. The predicted octanol–water partition coefficient (Wildman–Crippen LogP) is 0.158. The van der Waals surface area contributed by atoms with Gasteiger partial charge in [0.05, 0.1) is 12.5 Å². The number of H-pyrrole nitrogens is 1. The number of nitrogens with one attached hydrogen (secondary N) is 1. The van der Waals surface area contributed by atoms with Crippen molar-refractivity contribution < 1.29 is 0 Å². The second-order valence-electron chi connectivity index (χ2n) is 3.48. The van der Waals surface area contributed by atoms with Crippen LogP contribution in [0.5, 0.6) is 0 Å². The zero-order chi connectivity index (χ0) is 12.3. The maximum Gasteiger partial charge on any atom is 0.364 e. The lowest BCUT2D eigenvalue weighted by Gasteiger charge is -2.19. The summed E-state index contributed by atoms with van der Waals surface area (Å²) < 4.78 is 1.21. The Labute approximate surface area is 97.3 Å². The minimum Gasteiger partial charge on any atom is -0.354 e. The van der Waals surface area contributed by atoms with E-state index in [9.17, 15) is 4.79 Å². The maximum absolute atomic E-state index is 11.4. The van der Waals surface area contributed by atoms with Gasteiger partial charge >= 0.3 is 5.69 Å². The largest absolute Gasteiger partial charge is 0.364 e. The van der Waals surface area contributed by atoms with Crippen molar-refractivity contribution in [1.29, 1.82) is 5.26 Å². The Morgan fingerprint density at radius 2 is 2.41 bits per heavy atom. The van der Waals surface area contributed by atoms with Crippen molar-refractivity contribution in [3.05, 3.63) is 22.6 Å². The molecule has 2 heterocycles. The van der Waals surface area contributed by atoms with Crippen molar-refractivity contribution in [2.75, 3.05) is 18.0 Å². The molecule has 0 radical (unpaired) electrons. The maximum atomic E-state index is 11.4. The van der Waals surface area contributed by atoms with E-state index in [1.807, 2.05) is 11.8 Å². The first-order valence-corrected chi connectivity index (χ1v) is 5.32. The number of hydrogen-bond acceptors (Lipinski definition) is 5.